The summed E-state index contributed by atoms with van der Waals surface area (Å²) in [5.41, 5.74) is 3.23. The van der Waals surface area contributed by atoms with Gasteiger partial charge in [-0.15, -0.1) is 0 Å². The van der Waals surface area contributed by atoms with Gasteiger partial charge in [-0.3, -0.25) is 4.79 Å². The lowest BCUT2D eigenvalue weighted by Gasteiger charge is -2.11. The van der Waals surface area contributed by atoms with Crippen LogP contribution in [0.5, 0.6) is 0 Å². The topological polar surface area (TPSA) is 98.7 Å². The Balaban J connectivity index is 2.02. The molecule has 0 aliphatic heterocycles. The zero-order valence-electron chi connectivity index (χ0n) is 15.4. The number of hydrogen-bond acceptors (Lipinski definition) is 5. The second-order valence-electron chi connectivity index (χ2n) is 6.46. The second-order valence-corrected chi connectivity index (χ2v) is 6.46. The third kappa shape index (κ3) is 2.74. The molecule has 1 atom stereocenters. The molecule has 3 aromatic heterocycles. The van der Waals surface area contributed by atoms with Crippen molar-refractivity contribution < 1.29 is 14.6 Å². The van der Waals surface area contributed by atoms with Gasteiger partial charge in [-0.2, -0.15) is 5.10 Å². The molecule has 8 heteroatoms. The molecule has 0 saturated heterocycles. The van der Waals surface area contributed by atoms with Crippen LogP contribution in [-0.2, 0) is 16.1 Å². The number of methoxy groups -OCH3 is 1. The fraction of sp³-hybridized carbons (Fsp3) is 0.200. The van der Waals surface area contributed by atoms with Gasteiger partial charge < -0.3 is 14.4 Å². The van der Waals surface area contributed by atoms with Crippen molar-refractivity contribution in [1.82, 2.24) is 19.2 Å². The van der Waals surface area contributed by atoms with Crippen LogP contribution in [0.3, 0.4) is 0 Å². The largest absolute Gasteiger partial charge is 0.480 e. The van der Waals surface area contributed by atoms with Crippen LogP contribution in [0.1, 0.15) is 18.7 Å². The number of carbonyl (C=O) groups is 1. The molecule has 1 N–H and O–H groups in total. The Bertz CT molecular complexity index is 1240. The number of ether oxygens (including phenoxy) is 1. The number of rotatable bonds is 5. The maximum Gasteiger partial charge on any atom is 0.326 e. The molecule has 0 spiro atoms. The van der Waals surface area contributed by atoms with Crippen LogP contribution in [-0.4, -0.2) is 37.4 Å². The molecule has 1 unspecified atom stereocenters. The molecule has 0 aliphatic carbocycles. The summed E-state index contributed by atoms with van der Waals surface area (Å²) >= 11 is 0. The number of benzene rings is 1. The van der Waals surface area contributed by atoms with Crippen molar-refractivity contribution in [1.29, 1.82) is 0 Å². The van der Waals surface area contributed by atoms with E-state index in [9.17, 15) is 14.7 Å². The minimum absolute atomic E-state index is 0.294. The van der Waals surface area contributed by atoms with Crippen LogP contribution in [0, 0.1) is 0 Å². The normalized spacial score (nSPS) is 12.5. The van der Waals surface area contributed by atoms with Gasteiger partial charge in [0.15, 0.2) is 5.65 Å². The number of nitrogens with zero attached hydrogens (tertiary/aromatic N) is 4. The molecule has 142 valence electrons. The quantitative estimate of drug-likeness (QED) is 0.573. The van der Waals surface area contributed by atoms with E-state index in [0.717, 1.165) is 11.1 Å². The highest BCUT2D eigenvalue weighted by Gasteiger charge is 2.20. The number of carboxylic acid groups (broad SMARTS) is 1. The summed E-state index contributed by atoms with van der Waals surface area (Å²) in [5.74, 6) is -1.08. The molecule has 0 bridgehead atoms. The van der Waals surface area contributed by atoms with Crippen molar-refractivity contribution in [3.05, 3.63) is 64.8 Å². The van der Waals surface area contributed by atoms with Gasteiger partial charge in [0.25, 0.3) is 5.56 Å². The minimum atomic E-state index is -1.08. The van der Waals surface area contributed by atoms with Gasteiger partial charge in [-0.25, -0.2) is 14.3 Å². The minimum Gasteiger partial charge on any atom is -0.480 e. The number of pyridine rings is 1. The van der Waals surface area contributed by atoms with Crippen molar-refractivity contribution in [2.45, 2.75) is 19.6 Å². The van der Waals surface area contributed by atoms with E-state index in [1.165, 1.54) is 23.9 Å². The van der Waals surface area contributed by atoms with E-state index in [1.807, 2.05) is 30.3 Å². The molecule has 1 aromatic carbocycles. The van der Waals surface area contributed by atoms with Crippen molar-refractivity contribution >= 4 is 22.5 Å². The molecular formula is C20H18N4O4. The molecular weight excluding hydrogens is 360 g/mol. The number of fused-ring (bicyclic) bond motifs is 3. The summed E-state index contributed by atoms with van der Waals surface area (Å²) in [6.07, 6.45) is 2.95. The van der Waals surface area contributed by atoms with Gasteiger partial charge >= 0.3 is 5.97 Å². The molecule has 0 fully saturated rings. The molecule has 0 aliphatic rings. The number of aromatic nitrogens is 4. The third-order valence-corrected chi connectivity index (χ3v) is 4.73. The standard InChI is InChI=1S/C20H18N4O4/c1-12(20(26)27)23-9-8-16-14(19(23)25)10-21-18-17(13-6-4-3-5-7-13)15(11-28-2)22-24(16)18/h3-10,12H,11H2,1-2H3,(H,26,27). The predicted molar refractivity (Wildman–Crippen MR) is 103 cm³/mol. The maximum absolute atomic E-state index is 12.8. The summed E-state index contributed by atoms with van der Waals surface area (Å²) in [6.45, 7) is 1.75. The van der Waals surface area contributed by atoms with Gasteiger partial charge in [0.05, 0.1) is 28.8 Å². The smallest absolute Gasteiger partial charge is 0.326 e. The second kappa shape index (κ2) is 6.90. The SMILES string of the molecule is COCc1nn2c(ncc3c(=O)n(C(C)C(=O)O)ccc32)c1-c1ccccc1. The van der Waals surface area contributed by atoms with E-state index in [-0.39, 0.29) is 0 Å². The van der Waals surface area contributed by atoms with Crippen LogP contribution in [0.4, 0.5) is 0 Å². The maximum atomic E-state index is 12.8. The Hall–Kier alpha value is -3.52. The molecule has 0 saturated carbocycles. The first kappa shape index (κ1) is 17.9. The first-order valence-electron chi connectivity index (χ1n) is 8.71. The van der Waals surface area contributed by atoms with Crippen molar-refractivity contribution in [3.8, 4) is 11.1 Å². The van der Waals surface area contributed by atoms with Crippen molar-refractivity contribution in [2.24, 2.45) is 0 Å². The summed E-state index contributed by atoms with van der Waals surface area (Å²) in [6, 6.07) is 10.4. The first-order valence-corrected chi connectivity index (χ1v) is 8.71. The Morgan fingerprint density at radius 1 is 1.25 bits per heavy atom. The Morgan fingerprint density at radius 2 is 2.00 bits per heavy atom. The van der Waals surface area contributed by atoms with Crippen LogP contribution in [0.15, 0.2) is 53.6 Å². The highest BCUT2D eigenvalue weighted by molar-refractivity contribution is 5.86. The van der Waals surface area contributed by atoms with Crippen LogP contribution < -0.4 is 5.56 Å². The van der Waals surface area contributed by atoms with E-state index in [4.69, 9.17) is 4.74 Å². The van der Waals surface area contributed by atoms with Crippen LogP contribution in [0.2, 0.25) is 0 Å². The average molecular weight is 378 g/mol. The lowest BCUT2D eigenvalue weighted by atomic mass is 10.1. The molecule has 0 amide bonds. The van der Waals surface area contributed by atoms with Gasteiger partial charge in [-0.05, 0) is 18.6 Å². The van der Waals surface area contributed by atoms with Crippen molar-refractivity contribution in [3.63, 3.8) is 0 Å². The first-order chi connectivity index (χ1) is 13.5. The predicted octanol–water partition coefficient (Wildman–Crippen LogP) is 2.50. The van der Waals surface area contributed by atoms with E-state index in [0.29, 0.717) is 28.9 Å². The Labute approximate surface area is 159 Å². The molecule has 4 aromatic rings. The molecule has 8 nitrogen and oxygen atoms in total. The molecule has 0 radical (unpaired) electrons. The number of aliphatic carboxylic acids is 1. The summed E-state index contributed by atoms with van der Waals surface area (Å²) < 4.78 is 8.09. The van der Waals surface area contributed by atoms with E-state index < -0.39 is 17.6 Å². The van der Waals surface area contributed by atoms with Crippen LogP contribution >= 0.6 is 0 Å². The van der Waals surface area contributed by atoms with E-state index in [1.54, 1.807) is 17.7 Å². The van der Waals surface area contributed by atoms with Crippen LogP contribution in [0.25, 0.3) is 27.7 Å². The fourth-order valence-electron chi connectivity index (χ4n) is 3.29. The summed E-state index contributed by atoms with van der Waals surface area (Å²) in [4.78, 5) is 28.5. The number of hydrogen-bond donors (Lipinski definition) is 1. The monoisotopic (exact) mass is 378 g/mol. The van der Waals surface area contributed by atoms with E-state index in [2.05, 4.69) is 10.1 Å². The van der Waals surface area contributed by atoms with Gasteiger partial charge in [0.2, 0.25) is 0 Å². The van der Waals surface area contributed by atoms with Gasteiger partial charge in [0.1, 0.15) is 6.04 Å². The highest BCUT2D eigenvalue weighted by Crippen LogP contribution is 2.29. The average Bonchev–Trinajstić information content (AvgIpc) is 3.07. The van der Waals surface area contributed by atoms with Crippen molar-refractivity contribution in [2.75, 3.05) is 7.11 Å². The van der Waals surface area contributed by atoms with Gasteiger partial charge in [0, 0.05) is 19.5 Å². The zero-order chi connectivity index (χ0) is 19.8. The summed E-state index contributed by atoms with van der Waals surface area (Å²) in [7, 11) is 1.59. The summed E-state index contributed by atoms with van der Waals surface area (Å²) in [5, 5.41) is 14.1. The lowest BCUT2D eigenvalue weighted by molar-refractivity contribution is -0.140. The number of carboxylic acids is 1. The molecule has 28 heavy (non-hydrogen) atoms. The molecule has 3 heterocycles. The zero-order valence-corrected chi connectivity index (χ0v) is 15.4. The third-order valence-electron chi connectivity index (χ3n) is 4.73. The Kier molecular flexibility index (Phi) is 4.40. The van der Waals surface area contributed by atoms with E-state index >= 15 is 0 Å². The van der Waals surface area contributed by atoms with Gasteiger partial charge in [-0.1, -0.05) is 30.3 Å². The fourth-order valence-corrected chi connectivity index (χ4v) is 3.29. The highest BCUT2D eigenvalue weighted by atomic mass is 16.5. The molecule has 4 rings (SSSR count). The lowest BCUT2D eigenvalue weighted by Crippen LogP contribution is -2.28. The Morgan fingerprint density at radius 3 is 2.68 bits per heavy atom.